The third-order valence-electron chi connectivity index (χ3n) is 14.3. The topological polar surface area (TPSA) is 96.2 Å². The molecule has 9 heteroatoms. The first-order valence-electron chi connectivity index (χ1n) is 20.9. The van der Waals surface area contributed by atoms with Crippen LogP contribution in [0.15, 0.2) is 104 Å². The van der Waals surface area contributed by atoms with E-state index in [-0.39, 0.29) is 38.5 Å². The standard InChI is InChI=1S/C50H36N2O4S3/c53-41-29-19-25-11-3-4-12-26(25)20-30(29)42(54)39(41)51-35-24-34-37(50(35)17-9-2-10-18-50)46-48(57-34)38-47(59-46)45-33(49(38)15-7-1-8-16-49)23-36(58-45)52-40-43(55)31-21-27-13-5-6-14-28(27)22-32(31)44(40)56/h3-6,11-14,19-24,43,55H,1-2,7-10,15-18H2/b52-40+. The van der Waals surface area contributed by atoms with Crippen LogP contribution in [0.25, 0.3) is 57.5 Å². The number of hydrogen-bond acceptors (Lipinski definition) is 9. The van der Waals surface area contributed by atoms with Crippen molar-refractivity contribution < 1.29 is 9.90 Å². The summed E-state index contributed by atoms with van der Waals surface area (Å²) in [5.74, 6) is -0.199. The van der Waals surface area contributed by atoms with Crippen molar-refractivity contribution in [2.45, 2.75) is 81.1 Å². The number of aliphatic imine (C=N–C) groups is 1. The van der Waals surface area contributed by atoms with Crippen molar-refractivity contribution in [3.05, 3.63) is 143 Å². The van der Waals surface area contributed by atoms with Crippen LogP contribution in [0, 0.1) is 0 Å². The number of Topliss-reactive ketones (excluding diaryl/α,β-unsaturated/α-hetero) is 1. The van der Waals surface area contributed by atoms with Gasteiger partial charge in [0.2, 0.25) is 16.6 Å². The number of carbonyl (C=O) groups excluding carboxylic acids is 1. The van der Waals surface area contributed by atoms with Crippen LogP contribution in [-0.2, 0) is 10.8 Å². The van der Waals surface area contributed by atoms with Crippen LogP contribution in [0.1, 0.15) is 108 Å². The molecule has 2 saturated carbocycles. The summed E-state index contributed by atoms with van der Waals surface area (Å²) in [6.45, 7) is 0. The van der Waals surface area contributed by atoms with E-state index >= 15 is 0 Å². The van der Waals surface area contributed by atoms with Gasteiger partial charge in [0.05, 0.1) is 24.9 Å². The highest BCUT2D eigenvalue weighted by Crippen LogP contribution is 2.67. The minimum absolute atomic E-state index is 0.0485. The summed E-state index contributed by atoms with van der Waals surface area (Å²) >= 11 is 5.44. The van der Waals surface area contributed by atoms with Crippen molar-refractivity contribution in [1.82, 2.24) is 0 Å². The molecular weight excluding hydrogens is 789 g/mol. The summed E-state index contributed by atoms with van der Waals surface area (Å²) in [6.07, 6.45) is 12.1. The summed E-state index contributed by atoms with van der Waals surface area (Å²) in [5.41, 5.74) is 5.40. The Hall–Kier alpha value is -5.19. The Morgan fingerprint density at radius 3 is 1.86 bits per heavy atom. The zero-order valence-corrected chi connectivity index (χ0v) is 34.5. The summed E-state index contributed by atoms with van der Waals surface area (Å²) in [7, 11) is 0. The quantitative estimate of drug-likeness (QED) is 0.188. The Kier molecular flexibility index (Phi) is 7.16. The molecule has 3 aromatic heterocycles. The molecule has 5 aromatic carbocycles. The average molecular weight is 825 g/mol. The predicted molar refractivity (Wildman–Crippen MR) is 242 cm³/mol. The zero-order valence-electron chi connectivity index (χ0n) is 32.0. The molecule has 0 amide bonds. The third kappa shape index (κ3) is 4.57. The van der Waals surface area contributed by atoms with Gasteiger partial charge in [-0.1, -0.05) is 87.1 Å². The van der Waals surface area contributed by atoms with Crippen LogP contribution in [0.2, 0.25) is 0 Å². The molecule has 0 bridgehead atoms. The number of thiophene rings is 3. The lowest BCUT2D eigenvalue weighted by Crippen LogP contribution is -2.35. The Bertz CT molecular complexity index is 3380. The van der Waals surface area contributed by atoms with E-state index in [4.69, 9.17) is 9.98 Å². The van der Waals surface area contributed by atoms with Gasteiger partial charge in [0.25, 0.3) is 0 Å². The molecular formula is C50H36N2O4S3. The van der Waals surface area contributed by atoms with Crippen molar-refractivity contribution in [2.75, 3.05) is 0 Å². The first-order chi connectivity index (χ1) is 28.8. The minimum atomic E-state index is -1.06. The molecule has 59 heavy (non-hydrogen) atoms. The molecule has 0 aliphatic heterocycles. The van der Waals surface area contributed by atoms with E-state index in [1.54, 1.807) is 11.3 Å². The van der Waals surface area contributed by atoms with Crippen LogP contribution in [-0.4, -0.2) is 16.6 Å². The van der Waals surface area contributed by atoms with E-state index in [0.29, 0.717) is 21.9 Å². The van der Waals surface area contributed by atoms with Crippen LogP contribution in [0.3, 0.4) is 0 Å². The Morgan fingerprint density at radius 1 is 0.610 bits per heavy atom. The molecule has 288 valence electrons. The van der Waals surface area contributed by atoms with Gasteiger partial charge in [-0.3, -0.25) is 14.4 Å². The van der Waals surface area contributed by atoms with Crippen molar-refractivity contribution in [2.24, 2.45) is 9.98 Å². The van der Waals surface area contributed by atoms with Gasteiger partial charge in [0.15, 0.2) is 5.36 Å². The maximum atomic E-state index is 14.0. The van der Waals surface area contributed by atoms with Gasteiger partial charge >= 0.3 is 0 Å². The van der Waals surface area contributed by atoms with Gasteiger partial charge in [-0.25, -0.2) is 9.98 Å². The van der Waals surface area contributed by atoms with E-state index in [1.165, 1.54) is 47.1 Å². The fourth-order valence-corrected chi connectivity index (χ4v) is 16.1. The second-order valence-corrected chi connectivity index (χ2v) is 20.4. The number of carbonyl (C=O) groups is 1. The van der Waals surface area contributed by atoms with Gasteiger partial charge in [-0.05, 0) is 94.8 Å². The Balaban J connectivity index is 0.954. The van der Waals surface area contributed by atoms with Crippen molar-refractivity contribution in [3.63, 3.8) is 0 Å². The zero-order chi connectivity index (χ0) is 39.4. The number of nitrogens with zero attached hydrogens (tertiary/aromatic N) is 2. The van der Waals surface area contributed by atoms with Crippen LogP contribution in [0.4, 0.5) is 5.00 Å². The number of hydrogen-bond donors (Lipinski definition) is 1. The van der Waals surface area contributed by atoms with Gasteiger partial charge in [0.1, 0.15) is 16.8 Å². The van der Waals surface area contributed by atoms with Crippen molar-refractivity contribution in [1.29, 1.82) is 0 Å². The highest BCUT2D eigenvalue weighted by atomic mass is 32.1. The molecule has 1 N–H and O–H groups in total. The molecule has 2 spiro atoms. The maximum Gasteiger partial charge on any atom is 0.216 e. The number of rotatable bonds is 2. The average Bonchev–Trinajstić information content (AvgIpc) is 4.11. The monoisotopic (exact) mass is 824 g/mol. The van der Waals surface area contributed by atoms with E-state index in [1.807, 2.05) is 95.5 Å². The molecule has 8 aromatic rings. The fourth-order valence-electron chi connectivity index (χ4n) is 11.6. The SMILES string of the molecule is O=C1/C(=N/c2cc3c(s2)-c2sc4c5c(sc4c2C32CCCCC2)C=C(N=c2c(=O)c3cc4ccccc4cc3c2=O)C52CCCCC2)C(O)c2cc3ccccc3cc21. The summed E-state index contributed by atoms with van der Waals surface area (Å²) in [5, 5.41) is 17.1. The minimum Gasteiger partial charge on any atom is -0.382 e. The highest BCUT2D eigenvalue weighted by Gasteiger charge is 2.52. The highest BCUT2D eigenvalue weighted by molar-refractivity contribution is 7.33. The Labute approximate surface area is 350 Å². The van der Waals surface area contributed by atoms with Gasteiger partial charge in [0, 0.05) is 43.2 Å². The number of benzene rings is 4. The summed E-state index contributed by atoms with van der Waals surface area (Å²) in [4.78, 5) is 55.6. The molecule has 13 rings (SSSR count). The second kappa shape index (κ2) is 12.2. The smallest absolute Gasteiger partial charge is 0.216 e. The van der Waals surface area contributed by atoms with Gasteiger partial charge in [-0.15, -0.1) is 34.0 Å². The molecule has 0 saturated heterocycles. The predicted octanol–water partition coefficient (Wildman–Crippen LogP) is 11.5. The number of ketones is 1. The van der Waals surface area contributed by atoms with Gasteiger partial charge < -0.3 is 5.11 Å². The normalized spacial score (nSPS) is 20.7. The number of aliphatic hydroxyl groups is 1. The van der Waals surface area contributed by atoms with E-state index in [0.717, 1.165) is 90.0 Å². The third-order valence-corrected chi connectivity index (χ3v) is 18.0. The van der Waals surface area contributed by atoms with E-state index < -0.39 is 6.10 Å². The molecule has 3 heterocycles. The lowest BCUT2D eigenvalue weighted by molar-refractivity contribution is 0.106. The lowest BCUT2D eigenvalue weighted by atomic mass is 9.68. The largest absolute Gasteiger partial charge is 0.382 e. The summed E-state index contributed by atoms with van der Waals surface area (Å²) in [6, 6.07) is 25.6. The van der Waals surface area contributed by atoms with Gasteiger partial charge in [-0.2, -0.15) is 0 Å². The van der Waals surface area contributed by atoms with Crippen molar-refractivity contribution >= 4 is 98.3 Å². The Morgan fingerprint density at radius 2 is 1.20 bits per heavy atom. The number of fused-ring (bicyclic) bond motifs is 14. The van der Waals surface area contributed by atoms with Crippen molar-refractivity contribution in [3.8, 4) is 9.75 Å². The van der Waals surface area contributed by atoms with E-state index in [9.17, 15) is 19.5 Å². The molecule has 2 fully saturated rings. The molecule has 1 unspecified atom stereocenters. The first-order valence-corrected chi connectivity index (χ1v) is 23.3. The van der Waals surface area contributed by atoms with Crippen LogP contribution >= 0.6 is 34.0 Å². The molecule has 0 radical (unpaired) electrons. The van der Waals surface area contributed by atoms with Crippen LogP contribution in [0.5, 0.6) is 0 Å². The number of aliphatic hydroxyl groups excluding tert-OH is 1. The second-order valence-electron chi connectivity index (χ2n) is 17.3. The molecule has 5 aliphatic rings. The van der Waals surface area contributed by atoms with Crippen LogP contribution < -0.4 is 16.2 Å². The first kappa shape index (κ1) is 34.7. The molecule has 6 nitrogen and oxygen atoms in total. The maximum absolute atomic E-state index is 14.0. The fraction of sp³-hybridized carbons (Fsp3) is 0.260. The molecule has 5 aliphatic carbocycles. The summed E-state index contributed by atoms with van der Waals surface area (Å²) < 4.78 is 2.72. The van der Waals surface area contributed by atoms with E-state index in [2.05, 4.69) is 12.1 Å². The molecule has 1 atom stereocenters. The number of allylic oxidation sites excluding steroid dienone is 1. The lowest BCUT2D eigenvalue weighted by Gasteiger charge is -2.35.